The summed E-state index contributed by atoms with van der Waals surface area (Å²) in [5.74, 6) is 0.578. The van der Waals surface area contributed by atoms with Gasteiger partial charge in [0.1, 0.15) is 0 Å². The predicted octanol–water partition coefficient (Wildman–Crippen LogP) is 3.91. The molecular formula is C21H30F3N3O. The fourth-order valence-electron chi connectivity index (χ4n) is 4.25. The van der Waals surface area contributed by atoms with E-state index in [1.165, 1.54) is 25.0 Å². The van der Waals surface area contributed by atoms with Gasteiger partial charge in [0.2, 0.25) is 5.91 Å². The van der Waals surface area contributed by atoms with Gasteiger partial charge in [-0.05, 0) is 43.9 Å². The van der Waals surface area contributed by atoms with Crippen molar-refractivity contribution in [1.29, 1.82) is 0 Å². The van der Waals surface area contributed by atoms with E-state index in [0.29, 0.717) is 37.8 Å². The zero-order valence-electron chi connectivity index (χ0n) is 16.6. The second kappa shape index (κ2) is 8.72. The Morgan fingerprint density at radius 1 is 1.14 bits per heavy atom. The van der Waals surface area contributed by atoms with Crippen LogP contribution in [0.5, 0.6) is 0 Å². The first-order valence-electron chi connectivity index (χ1n) is 10.2. The molecule has 0 spiro atoms. The fraction of sp³-hybridized carbons (Fsp3) is 0.667. The summed E-state index contributed by atoms with van der Waals surface area (Å²) in [6.45, 7) is 6.65. The highest BCUT2D eigenvalue weighted by Gasteiger charge is 2.32. The van der Waals surface area contributed by atoms with E-state index in [1.807, 2.05) is 11.8 Å². The van der Waals surface area contributed by atoms with E-state index in [2.05, 4.69) is 17.1 Å². The largest absolute Gasteiger partial charge is 0.416 e. The molecule has 3 rings (SSSR count). The zero-order valence-corrected chi connectivity index (χ0v) is 16.6. The molecule has 1 heterocycles. The van der Waals surface area contributed by atoms with Crippen molar-refractivity contribution in [2.24, 2.45) is 5.92 Å². The summed E-state index contributed by atoms with van der Waals surface area (Å²) in [6, 6.07) is 5.50. The van der Waals surface area contributed by atoms with Gasteiger partial charge in [0.25, 0.3) is 0 Å². The van der Waals surface area contributed by atoms with E-state index in [1.54, 1.807) is 6.07 Å². The van der Waals surface area contributed by atoms with Crippen molar-refractivity contribution < 1.29 is 18.0 Å². The van der Waals surface area contributed by atoms with Gasteiger partial charge in [-0.15, -0.1) is 0 Å². The van der Waals surface area contributed by atoms with Crippen molar-refractivity contribution in [2.75, 3.05) is 31.1 Å². The van der Waals surface area contributed by atoms with Crippen molar-refractivity contribution >= 4 is 11.6 Å². The Labute approximate surface area is 165 Å². The Bertz CT molecular complexity index is 671. The number of nitrogens with one attached hydrogen (secondary N) is 1. The van der Waals surface area contributed by atoms with Gasteiger partial charge in [0.05, 0.1) is 11.6 Å². The third-order valence-corrected chi connectivity index (χ3v) is 6.22. The van der Waals surface area contributed by atoms with Crippen LogP contribution in [0.4, 0.5) is 18.9 Å². The summed E-state index contributed by atoms with van der Waals surface area (Å²) in [5.41, 5.74) is -0.0376. The second-order valence-electron chi connectivity index (χ2n) is 8.12. The van der Waals surface area contributed by atoms with Crippen LogP contribution in [0.1, 0.15) is 45.1 Å². The maximum atomic E-state index is 12.9. The molecule has 2 fully saturated rings. The van der Waals surface area contributed by atoms with E-state index >= 15 is 0 Å². The molecule has 3 unspecified atom stereocenters. The molecule has 28 heavy (non-hydrogen) atoms. The average molecular weight is 397 g/mol. The molecule has 1 N–H and O–H groups in total. The smallest absolute Gasteiger partial charge is 0.369 e. The van der Waals surface area contributed by atoms with Crippen molar-refractivity contribution in [3.8, 4) is 0 Å². The van der Waals surface area contributed by atoms with E-state index < -0.39 is 11.7 Å². The zero-order chi connectivity index (χ0) is 20.3. The molecule has 1 saturated carbocycles. The number of nitrogens with zero attached hydrogens (tertiary/aromatic N) is 2. The lowest BCUT2D eigenvalue weighted by atomic mass is 9.86. The van der Waals surface area contributed by atoms with Crippen molar-refractivity contribution in [3.63, 3.8) is 0 Å². The molecule has 4 nitrogen and oxygen atoms in total. The molecule has 1 amide bonds. The molecule has 1 aromatic carbocycles. The first-order chi connectivity index (χ1) is 13.3. The fourth-order valence-corrected chi connectivity index (χ4v) is 4.25. The normalized spacial score (nSPS) is 25.4. The van der Waals surface area contributed by atoms with Crippen LogP contribution in [-0.4, -0.2) is 49.1 Å². The van der Waals surface area contributed by atoms with E-state index in [-0.39, 0.29) is 18.0 Å². The number of benzene rings is 1. The molecule has 1 saturated heterocycles. The van der Waals surface area contributed by atoms with Crippen LogP contribution in [0.15, 0.2) is 24.3 Å². The summed E-state index contributed by atoms with van der Waals surface area (Å²) >= 11 is 0. The number of hydrogen-bond acceptors (Lipinski definition) is 3. The van der Waals surface area contributed by atoms with Crippen molar-refractivity contribution in [2.45, 2.75) is 57.8 Å². The van der Waals surface area contributed by atoms with Crippen molar-refractivity contribution in [3.05, 3.63) is 29.8 Å². The Hall–Kier alpha value is -1.76. The van der Waals surface area contributed by atoms with Gasteiger partial charge >= 0.3 is 6.18 Å². The maximum Gasteiger partial charge on any atom is 0.416 e. The highest BCUT2D eigenvalue weighted by atomic mass is 19.4. The molecule has 1 aliphatic heterocycles. The number of anilines is 1. The van der Waals surface area contributed by atoms with Gasteiger partial charge in [-0.25, -0.2) is 0 Å². The first-order valence-corrected chi connectivity index (χ1v) is 10.2. The lowest BCUT2D eigenvalue weighted by Gasteiger charge is -2.39. The summed E-state index contributed by atoms with van der Waals surface area (Å²) in [6.07, 6.45) is 0.276. The highest BCUT2D eigenvalue weighted by Crippen LogP contribution is 2.32. The van der Waals surface area contributed by atoms with Crippen LogP contribution in [-0.2, 0) is 11.0 Å². The monoisotopic (exact) mass is 397 g/mol. The van der Waals surface area contributed by atoms with Crippen LogP contribution in [0.3, 0.4) is 0 Å². The minimum atomic E-state index is -4.33. The van der Waals surface area contributed by atoms with Crippen molar-refractivity contribution in [1.82, 2.24) is 10.2 Å². The van der Waals surface area contributed by atoms with E-state index in [0.717, 1.165) is 18.9 Å². The Morgan fingerprint density at radius 3 is 2.46 bits per heavy atom. The minimum absolute atomic E-state index is 0.0614. The third-order valence-electron chi connectivity index (χ3n) is 6.22. The number of carbonyl (C=O) groups excluding carboxylic acids is 1. The Balaban J connectivity index is 1.54. The third kappa shape index (κ3) is 4.99. The van der Waals surface area contributed by atoms with Crippen LogP contribution in [0.2, 0.25) is 0 Å². The van der Waals surface area contributed by atoms with E-state index in [9.17, 15) is 18.0 Å². The van der Waals surface area contributed by atoms with Gasteiger partial charge in [-0.1, -0.05) is 25.8 Å². The topological polar surface area (TPSA) is 35.6 Å². The number of amides is 1. The van der Waals surface area contributed by atoms with Crippen LogP contribution >= 0.6 is 0 Å². The van der Waals surface area contributed by atoms with Gasteiger partial charge in [-0.2, -0.15) is 13.2 Å². The maximum absolute atomic E-state index is 12.9. The SMILES string of the molecule is CC1CCCCC1NC(=O)C(C)N1CCN(c2cccc(C(F)(F)F)c2)CC1. The average Bonchev–Trinajstić information content (AvgIpc) is 2.69. The Morgan fingerprint density at radius 2 is 1.82 bits per heavy atom. The quantitative estimate of drug-likeness (QED) is 0.837. The summed E-state index contributed by atoms with van der Waals surface area (Å²) in [7, 11) is 0. The van der Waals surface area contributed by atoms with Crippen LogP contribution in [0, 0.1) is 5.92 Å². The molecule has 156 valence electrons. The molecule has 2 aliphatic rings. The van der Waals surface area contributed by atoms with Gasteiger partial charge < -0.3 is 10.2 Å². The molecule has 1 aliphatic carbocycles. The molecule has 7 heteroatoms. The lowest BCUT2D eigenvalue weighted by molar-refractivity contribution is -0.137. The number of halogens is 3. The highest BCUT2D eigenvalue weighted by molar-refractivity contribution is 5.81. The Kier molecular flexibility index (Phi) is 6.53. The van der Waals surface area contributed by atoms with Crippen LogP contribution in [0.25, 0.3) is 0 Å². The number of hydrogen-bond donors (Lipinski definition) is 1. The molecular weight excluding hydrogens is 367 g/mol. The first kappa shape index (κ1) is 21.0. The molecule has 1 aromatic rings. The minimum Gasteiger partial charge on any atom is -0.369 e. The number of alkyl halides is 3. The number of piperazine rings is 1. The predicted molar refractivity (Wildman–Crippen MR) is 104 cm³/mol. The number of carbonyl (C=O) groups is 1. The summed E-state index contributed by atoms with van der Waals surface area (Å²) in [5, 5.41) is 3.21. The molecule has 0 radical (unpaired) electrons. The standard InChI is InChI=1S/C21H30F3N3O/c1-15-6-3-4-9-19(15)25-20(28)16(2)26-10-12-27(13-11-26)18-8-5-7-17(14-18)21(22,23)24/h5,7-8,14-16,19H,3-4,6,9-13H2,1-2H3,(H,25,28). The number of rotatable bonds is 4. The van der Waals surface area contributed by atoms with E-state index in [4.69, 9.17) is 0 Å². The molecule has 0 aromatic heterocycles. The van der Waals surface area contributed by atoms with Gasteiger partial charge in [-0.3, -0.25) is 9.69 Å². The van der Waals surface area contributed by atoms with Gasteiger partial charge in [0.15, 0.2) is 0 Å². The van der Waals surface area contributed by atoms with Gasteiger partial charge in [0, 0.05) is 37.9 Å². The second-order valence-corrected chi connectivity index (χ2v) is 8.12. The molecule has 3 atom stereocenters. The summed E-state index contributed by atoms with van der Waals surface area (Å²) < 4.78 is 38.8. The van der Waals surface area contributed by atoms with Crippen LogP contribution < -0.4 is 10.2 Å². The lowest BCUT2D eigenvalue weighted by Crippen LogP contribution is -2.55. The summed E-state index contributed by atoms with van der Waals surface area (Å²) in [4.78, 5) is 16.7. The molecule has 0 bridgehead atoms.